The molecule has 0 unspecified atom stereocenters. The van der Waals surface area contributed by atoms with Crippen LogP contribution in [0.1, 0.15) is 25.6 Å². The fourth-order valence-electron chi connectivity index (χ4n) is 2.22. The molecule has 2 aromatic rings. The Morgan fingerprint density at radius 1 is 1.19 bits per heavy atom. The van der Waals surface area contributed by atoms with Gasteiger partial charge in [0.25, 0.3) is 11.2 Å². The minimum atomic E-state index is -0.504. The van der Waals surface area contributed by atoms with Gasteiger partial charge >= 0.3 is 5.69 Å². The molecule has 0 fully saturated rings. The second-order valence-corrected chi connectivity index (χ2v) is 5.00. The summed E-state index contributed by atoms with van der Waals surface area (Å²) in [6.45, 7) is 5.11. The van der Waals surface area contributed by atoms with Gasteiger partial charge in [-0.05, 0) is 38.5 Å². The molecule has 0 aliphatic heterocycles. The Labute approximate surface area is 120 Å². The highest BCUT2D eigenvalue weighted by Crippen LogP contribution is 2.21. The predicted molar refractivity (Wildman–Crippen MR) is 78.5 cm³/mol. The van der Waals surface area contributed by atoms with Crippen LogP contribution in [0.3, 0.4) is 0 Å². The topological polar surface area (TPSA) is 98.0 Å². The van der Waals surface area contributed by atoms with Gasteiger partial charge in [-0.2, -0.15) is 0 Å². The molecule has 110 valence electrons. The molecule has 0 aliphatic carbocycles. The highest BCUT2D eigenvalue weighted by molar-refractivity contribution is 5.65. The molecule has 0 bridgehead atoms. The first kappa shape index (κ1) is 14.7. The summed E-state index contributed by atoms with van der Waals surface area (Å²) in [6.07, 6.45) is 0. The molecule has 1 N–H and O–H groups in total. The summed E-state index contributed by atoms with van der Waals surface area (Å²) < 4.78 is 1.13. The average molecular weight is 289 g/mol. The maximum Gasteiger partial charge on any atom is 0.328 e. The number of benzene rings is 1. The molecule has 1 aromatic heterocycles. The van der Waals surface area contributed by atoms with E-state index in [9.17, 15) is 19.7 Å². The van der Waals surface area contributed by atoms with E-state index < -0.39 is 16.2 Å². The van der Waals surface area contributed by atoms with E-state index in [1.54, 1.807) is 20.8 Å². The van der Waals surface area contributed by atoms with E-state index in [2.05, 4.69) is 4.98 Å². The molecule has 2 rings (SSSR count). The van der Waals surface area contributed by atoms with Gasteiger partial charge in [0.15, 0.2) is 0 Å². The van der Waals surface area contributed by atoms with Crippen molar-refractivity contribution in [1.29, 1.82) is 0 Å². The van der Waals surface area contributed by atoms with Crippen molar-refractivity contribution in [1.82, 2.24) is 9.55 Å². The molecule has 0 saturated heterocycles. The first-order valence-electron chi connectivity index (χ1n) is 6.43. The molecular weight excluding hydrogens is 274 g/mol. The van der Waals surface area contributed by atoms with Crippen LogP contribution >= 0.6 is 0 Å². The van der Waals surface area contributed by atoms with E-state index in [1.165, 1.54) is 24.3 Å². The minimum Gasteiger partial charge on any atom is -0.311 e. The van der Waals surface area contributed by atoms with Crippen molar-refractivity contribution in [3.8, 4) is 11.1 Å². The molecule has 0 amide bonds. The van der Waals surface area contributed by atoms with Gasteiger partial charge in [-0.1, -0.05) is 0 Å². The third-order valence-corrected chi connectivity index (χ3v) is 3.20. The van der Waals surface area contributed by atoms with E-state index in [1.807, 2.05) is 0 Å². The Hall–Kier alpha value is -2.70. The lowest BCUT2D eigenvalue weighted by molar-refractivity contribution is -0.384. The standard InChI is InChI=1S/C14H15N3O4/c1-8(2)16-13(18)12(9(3)15-14(16)19)10-4-6-11(7-5-10)17(20)21/h4-8H,1-3H3,(H,15,19). The van der Waals surface area contributed by atoms with Crippen LogP contribution in [0, 0.1) is 17.0 Å². The first-order valence-corrected chi connectivity index (χ1v) is 6.43. The summed E-state index contributed by atoms with van der Waals surface area (Å²) in [5.74, 6) is 0. The zero-order chi connectivity index (χ0) is 15.7. The largest absolute Gasteiger partial charge is 0.328 e. The lowest BCUT2D eigenvalue weighted by Gasteiger charge is -2.12. The van der Waals surface area contributed by atoms with Crippen molar-refractivity contribution in [2.24, 2.45) is 0 Å². The number of H-pyrrole nitrogens is 1. The number of nitrogens with one attached hydrogen (secondary N) is 1. The van der Waals surface area contributed by atoms with Crippen molar-refractivity contribution >= 4 is 5.69 Å². The van der Waals surface area contributed by atoms with Gasteiger partial charge in [-0.3, -0.25) is 19.5 Å². The average Bonchev–Trinajstić information content (AvgIpc) is 2.38. The smallest absolute Gasteiger partial charge is 0.311 e. The van der Waals surface area contributed by atoms with Gasteiger partial charge in [0, 0.05) is 23.9 Å². The zero-order valence-corrected chi connectivity index (χ0v) is 11.9. The van der Waals surface area contributed by atoms with Gasteiger partial charge in [0.1, 0.15) is 0 Å². The normalized spacial score (nSPS) is 10.9. The van der Waals surface area contributed by atoms with E-state index in [0.717, 1.165) is 4.57 Å². The lowest BCUT2D eigenvalue weighted by atomic mass is 10.1. The van der Waals surface area contributed by atoms with Crippen LogP contribution in [0.2, 0.25) is 0 Å². The molecule has 7 nitrogen and oxygen atoms in total. The highest BCUT2D eigenvalue weighted by atomic mass is 16.6. The van der Waals surface area contributed by atoms with E-state index in [0.29, 0.717) is 16.8 Å². The summed E-state index contributed by atoms with van der Waals surface area (Å²) in [6, 6.07) is 5.40. The predicted octanol–water partition coefficient (Wildman–Crippen LogP) is 2.00. The summed E-state index contributed by atoms with van der Waals surface area (Å²) in [7, 11) is 0. The fraction of sp³-hybridized carbons (Fsp3) is 0.286. The maximum atomic E-state index is 12.5. The summed E-state index contributed by atoms with van der Waals surface area (Å²) in [4.78, 5) is 37.1. The Kier molecular flexibility index (Phi) is 3.75. The maximum absolute atomic E-state index is 12.5. The Bertz CT molecular complexity index is 800. The zero-order valence-electron chi connectivity index (χ0n) is 11.9. The van der Waals surface area contributed by atoms with Crippen LogP contribution in [0.4, 0.5) is 5.69 Å². The van der Waals surface area contributed by atoms with Crippen LogP contribution in [-0.2, 0) is 0 Å². The Morgan fingerprint density at radius 3 is 2.24 bits per heavy atom. The van der Waals surface area contributed by atoms with Crippen molar-refractivity contribution in [2.45, 2.75) is 26.8 Å². The summed E-state index contributed by atoms with van der Waals surface area (Å²) in [5.41, 5.74) is 0.408. The number of aromatic amines is 1. The lowest BCUT2D eigenvalue weighted by Crippen LogP contribution is -2.38. The van der Waals surface area contributed by atoms with Crippen LogP contribution < -0.4 is 11.2 Å². The summed E-state index contributed by atoms with van der Waals surface area (Å²) in [5, 5.41) is 10.7. The molecule has 21 heavy (non-hydrogen) atoms. The molecule has 1 aromatic carbocycles. The van der Waals surface area contributed by atoms with Gasteiger partial charge in [-0.25, -0.2) is 4.79 Å². The number of nitrogens with zero attached hydrogens (tertiary/aromatic N) is 2. The van der Waals surface area contributed by atoms with Gasteiger partial charge < -0.3 is 4.98 Å². The third kappa shape index (κ3) is 2.62. The van der Waals surface area contributed by atoms with Crippen molar-refractivity contribution < 1.29 is 4.92 Å². The van der Waals surface area contributed by atoms with Gasteiger partial charge in [0.2, 0.25) is 0 Å². The highest BCUT2D eigenvalue weighted by Gasteiger charge is 2.16. The SMILES string of the molecule is Cc1[nH]c(=O)n(C(C)C)c(=O)c1-c1ccc([N+](=O)[O-])cc1. The van der Waals surface area contributed by atoms with Crippen LogP contribution in [0.5, 0.6) is 0 Å². The molecule has 0 aliphatic rings. The number of aromatic nitrogens is 2. The Balaban J connectivity index is 2.69. The number of nitro groups is 1. The number of nitro benzene ring substituents is 1. The molecule has 0 saturated carbocycles. The quantitative estimate of drug-likeness (QED) is 0.690. The van der Waals surface area contributed by atoms with Gasteiger partial charge in [0.05, 0.1) is 10.5 Å². The van der Waals surface area contributed by atoms with Crippen LogP contribution in [0.25, 0.3) is 11.1 Å². The van der Waals surface area contributed by atoms with E-state index >= 15 is 0 Å². The fourth-order valence-corrected chi connectivity index (χ4v) is 2.22. The van der Waals surface area contributed by atoms with E-state index in [4.69, 9.17) is 0 Å². The van der Waals surface area contributed by atoms with Gasteiger partial charge in [-0.15, -0.1) is 0 Å². The third-order valence-electron chi connectivity index (χ3n) is 3.20. The van der Waals surface area contributed by atoms with Crippen molar-refractivity contribution in [3.05, 3.63) is 60.9 Å². The second kappa shape index (κ2) is 5.35. The van der Waals surface area contributed by atoms with E-state index in [-0.39, 0.29) is 11.7 Å². The molecule has 0 spiro atoms. The molecule has 0 atom stereocenters. The number of rotatable bonds is 3. The molecule has 0 radical (unpaired) electrons. The molecular formula is C14H15N3O4. The monoisotopic (exact) mass is 289 g/mol. The van der Waals surface area contributed by atoms with Crippen LogP contribution in [-0.4, -0.2) is 14.5 Å². The molecule has 7 heteroatoms. The first-order chi connectivity index (χ1) is 9.82. The van der Waals surface area contributed by atoms with Crippen molar-refractivity contribution in [2.75, 3.05) is 0 Å². The van der Waals surface area contributed by atoms with Crippen LogP contribution in [0.15, 0.2) is 33.9 Å². The number of aryl methyl sites for hydroxylation is 1. The molecule has 1 heterocycles. The Morgan fingerprint density at radius 2 is 1.76 bits per heavy atom. The number of hydrogen-bond acceptors (Lipinski definition) is 4. The van der Waals surface area contributed by atoms with Crippen molar-refractivity contribution in [3.63, 3.8) is 0 Å². The summed E-state index contributed by atoms with van der Waals surface area (Å²) >= 11 is 0. The number of non-ortho nitro benzene ring substituents is 1. The number of hydrogen-bond donors (Lipinski definition) is 1. The second-order valence-electron chi connectivity index (χ2n) is 5.00. The minimum absolute atomic E-state index is 0.0509.